The molecule has 3 heterocycles. The van der Waals surface area contributed by atoms with Crippen LogP contribution >= 0.6 is 0 Å². The van der Waals surface area contributed by atoms with Crippen LogP contribution in [0.2, 0.25) is 0 Å². The summed E-state index contributed by atoms with van der Waals surface area (Å²) in [6.07, 6.45) is 3.77. The van der Waals surface area contributed by atoms with Crippen LogP contribution < -0.4 is 21.3 Å². The minimum Gasteiger partial charge on any atom is -0.368 e. The van der Waals surface area contributed by atoms with Crippen LogP contribution in [-0.4, -0.2) is 52.2 Å². The summed E-state index contributed by atoms with van der Waals surface area (Å²) in [5.74, 6) is 2.66. The number of rotatable bonds is 3. The molecule has 0 spiro atoms. The molecule has 2 aromatic rings. The molecule has 0 atom stereocenters. The molecule has 0 aromatic carbocycles. The number of hydrogen-bond acceptors (Lipinski definition) is 8. The fraction of sp³-hybridized carbons (Fsp3) is 0.556. The summed E-state index contributed by atoms with van der Waals surface area (Å²) in [6, 6.07) is 2.38. The van der Waals surface area contributed by atoms with E-state index in [0.717, 1.165) is 67.7 Å². The van der Waals surface area contributed by atoms with Crippen LogP contribution in [0.25, 0.3) is 0 Å². The summed E-state index contributed by atoms with van der Waals surface area (Å²) in [5.41, 5.74) is 14.8. The van der Waals surface area contributed by atoms with Crippen molar-refractivity contribution in [1.82, 2.24) is 19.9 Å². The molecule has 8 nitrogen and oxygen atoms in total. The number of anilines is 3. The standard InChI is InChI=1S/C18H26N8/c1-11-10-21-12(2)17(22-11)26-5-3-25(4-6-26)16-9-15(23-18(20)24-16)13-7-14(19)8-13/h9-10,13-14H,3-8,19H2,1-2H3,(H2,20,23,24). The lowest BCUT2D eigenvalue weighted by Crippen LogP contribution is -2.47. The maximum absolute atomic E-state index is 5.96. The largest absolute Gasteiger partial charge is 0.368 e. The van der Waals surface area contributed by atoms with Crippen molar-refractivity contribution in [2.45, 2.75) is 38.6 Å². The first kappa shape index (κ1) is 17.0. The monoisotopic (exact) mass is 354 g/mol. The highest BCUT2D eigenvalue weighted by Gasteiger charge is 2.30. The molecule has 138 valence electrons. The zero-order valence-electron chi connectivity index (χ0n) is 15.4. The first-order valence-electron chi connectivity index (χ1n) is 9.20. The van der Waals surface area contributed by atoms with Gasteiger partial charge in [-0.15, -0.1) is 0 Å². The molecule has 4 rings (SSSR count). The third-order valence-corrected chi connectivity index (χ3v) is 5.30. The molecule has 26 heavy (non-hydrogen) atoms. The van der Waals surface area contributed by atoms with E-state index < -0.39 is 0 Å². The Bertz CT molecular complexity index is 794. The van der Waals surface area contributed by atoms with Crippen LogP contribution in [0.5, 0.6) is 0 Å². The quantitative estimate of drug-likeness (QED) is 0.840. The third kappa shape index (κ3) is 3.29. The SMILES string of the molecule is Cc1cnc(C)c(N2CCN(c3cc(C4CC(N)C4)nc(N)n3)CC2)n1. The number of nitrogens with zero attached hydrogens (tertiary/aromatic N) is 6. The average Bonchev–Trinajstić information content (AvgIpc) is 2.61. The van der Waals surface area contributed by atoms with E-state index in [4.69, 9.17) is 11.5 Å². The topological polar surface area (TPSA) is 110 Å². The Kier molecular flexibility index (Phi) is 4.36. The lowest BCUT2D eigenvalue weighted by atomic mass is 9.78. The van der Waals surface area contributed by atoms with Crippen molar-refractivity contribution in [2.24, 2.45) is 5.73 Å². The van der Waals surface area contributed by atoms with E-state index in [2.05, 4.69) is 35.8 Å². The number of aromatic nitrogens is 4. The molecule has 4 N–H and O–H groups in total. The van der Waals surface area contributed by atoms with E-state index in [9.17, 15) is 0 Å². The van der Waals surface area contributed by atoms with Gasteiger partial charge >= 0.3 is 0 Å². The molecule has 1 aliphatic heterocycles. The molecular formula is C18H26N8. The second-order valence-corrected chi connectivity index (χ2v) is 7.33. The number of piperazine rings is 1. The smallest absolute Gasteiger partial charge is 0.222 e. The van der Waals surface area contributed by atoms with Crippen molar-refractivity contribution >= 4 is 17.6 Å². The van der Waals surface area contributed by atoms with Gasteiger partial charge in [-0.1, -0.05) is 0 Å². The van der Waals surface area contributed by atoms with Gasteiger partial charge in [0, 0.05) is 50.4 Å². The van der Waals surface area contributed by atoms with Crippen molar-refractivity contribution in [2.75, 3.05) is 41.7 Å². The van der Waals surface area contributed by atoms with Gasteiger partial charge in [-0.25, -0.2) is 9.97 Å². The summed E-state index contributed by atoms with van der Waals surface area (Å²) >= 11 is 0. The first-order chi connectivity index (χ1) is 12.5. The van der Waals surface area contributed by atoms with E-state index >= 15 is 0 Å². The Balaban J connectivity index is 1.47. The van der Waals surface area contributed by atoms with Crippen molar-refractivity contribution in [3.63, 3.8) is 0 Å². The molecule has 0 bridgehead atoms. The molecule has 0 amide bonds. The first-order valence-corrected chi connectivity index (χ1v) is 9.20. The zero-order valence-corrected chi connectivity index (χ0v) is 15.4. The number of hydrogen-bond donors (Lipinski definition) is 2. The summed E-state index contributed by atoms with van der Waals surface area (Å²) < 4.78 is 0. The highest BCUT2D eigenvalue weighted by atomic mass is 15.3. The highest BCUT2D eigenvalue weighted by Crippen LogP contribution is 2.36. The molecule has 2 aliphatic rings. The van der Waals surface area contributed by atoms with E-state index in [0.29, 0.717) is 17.9 Å². The van der Waals surface area contributed by atoms with Gasteiger partial charge in [-0.05, 0) is 26.7 Å². The third-order valence-electron chi connectivity index (χ3n) is 5.30. The molecular weight excluding hydrogens is 328 g/mol. The Labute approximate surface area is 153 Å². The predicted molar refractivity (Wildman–Crippen MR) is 102 cm³/mol. The maximum Gasteiger partial charge on any atom is 0.222 e. The molecule has 1 saturated heterocycles. The van der Waals surface area contributed by atoms with Crippen molar-refractivity contribution in [3.05, 3.63) is 29.3 Å². The molecule has 8 heteroatoms. The van der Waals surface area contributed by atoms with Gasteiger partial charge in [0.05, 0.1) is 17.1 Å². The van der Waals surface area contributed by atoms with Gasteiger partial charge in [0.2, 0.25) is 5.95 Å². The molecule has 1 aliphatic carbocycles. The summed E-state index contributed by atoms with van der Waals surface area (Å²) in [7, 11) is 0. The fourth-order valence-corrected chi connectivity index (χ4v) is 3.72. The minimum atomic E-state index is 0.293. The number of aryl methyl sites for hydroxylation is 2. The lowest BCUT2D eigenvalue weighted by Gasteiger charge is -2.37. The zero-order chi connectivity index (χ0) is 18.3. The van der Waals surface area contributed by atoms with Crippen molar-refractivity contribution < 1.29 is 0 Å². The van der Waals surface area contributed by atoms with Crippen LogP contribution in [0, 0.1) is 13.8 Å². The molecule has 2 fully saturated rings. The second-order valence-electron chi connectivity index (χ2n) is 7.33. The maximum atomic E-state index is 5.96. The molecule has 0 radical (unpaired) electrons. The molecule has 2 aromatic heterocycles. The van der Waals surface area contributed by atoms with Gasteiger partial charge in [0.15, 0.2) is 0 Å². The Morgan fingerprint density at radius 2 is 1.69 bits per heavy atom. The average molecular weight is 354 g/mol. The van der Waals surface area contributed by atoms with Gasteiger partial charge in [-0.2, -0.15) is 4.98 Å². The Morgan fingerprint density at radius 1 is 1.00 bits per heavy atom. The fourth-order valence-electron chi connectivity index (χ4n) is 3.72. The number of nitrogen functional groups attached to an aromatic ring is 1. The van der Waals surface area contributed by atoms with Crippen LogP contribution in [0.15, 0.2) is 12.3 Å². The molecule has 1 saturated carbocycles. The van der Waals surface area contributed by atoms with E-state index in [1.54, 1.807) is 0 Å². The summed E-state index contributed by atoms with van der Waals surface area (Å²) in [6.45, 7) is 7.49. The molecule has 0 unspecified atom stereocenters. The second kappa shape index (κ2) is 6.68. The Morgan fingerprint density at radius 3 is 2.38 bits per heavy atom. The van der Waals surface area contributed by atoms with Crippen molar-refractivity contribution in [1.29, 1.82) is 0 Å². The van der Waals surface area contributed by atoms with Gasteiger partial charge in [0.1, 0.15) is 11.6 Å². The van der Waals surface area contributed by atoms with Crippen LogP contribution in [0.3, 0.4) is 0 Å². The Hall–Kier alpha value is -2.48. The predicted octanol–water partition coefficient (Wildman–Crippen LogP) is 0.997. The number of nitrogens with two attached hydrogens (primary N) is 2. The normalized spacial score (nSPS) is 23.0. The van der Waals surface area contributed by atoms with E-state index in [-0.39, 0.29) is 0 Å². The highest BCUT2D eigenvalue weighted by molar-refractivity contribution is 5.49. The van der Waals surface area contributed by atoms with Crippen LogP contribution in [0.1, 0.15) is 35.8 Å². The van der Waals surface area contributed by atoms with Gasteiger partial charge in [0.25, 0.3) is 0 Å². The van der Waals surface area contributed by atoms with Gasteiger partial charge in [-0.3, -0.25) is 4.98 Å². The van der Waals surface area contributed by atoms with Gasteiger partial charge < -0.3 is 21.3 Å². The lowest BCUT2D eigenvalue weighted by molar-refractivity contribution is 0.345. The van der Waals surface area contributed by atoms with Crippen molar-refractivity contribution in [3.8, 4) is 0 Å². The van der Waals surface area contributed by atoms with Crippen LogP contribution in [-0.2, 0) is 0 Å². The summed E-state index contributed by atoms with van der Waals surface area (Å²) in [5, 5.41) is 0. The minimum absolute atomic E-state index is 0.293. The van der Waals surface area contributed by atoms with Crippen LogP contribution in [0.4, 0.5) is 17.6 Å². The van der Waals surface area contributed by atoms with E-state index in [1.165, 1.54) is 0 Å². The van der Waals surface area contributed by atoms with E-state index in [1.807, 2.05) is 20.0 Å². The summed E-state index contributed by atoms with van der Waals surface area (Å²) in [4.78, 5) is 22.5.